The van der Waals surface area contributed by atoms with E-state index in [4.69, 9.17) is 16.3 Å². The number of fused-ring (bicyclic) bond motifs is 1. The molecule has 2 amide bonds. The van der Waals surface area contributed by atoms with Crippen molar-refractivity contribution in [2.75, 3.05) is 14.1 Å². The zero-order chi connectivity index (χ0) is 18.0. The lowest BCUT2D eigenvalue weighted by Gasteiger charge is -2.21. The van der Waals surface area contributed by atoms with Crippen LogP contribution in [-0.2, 0) is 17.8 Å². The molecule has 1 unspecified atom stereocenters. The van der Waals surface area contributed by atoms with Crippen molar-refractivity contribution in [3.63, 3.8) is 0 Å². The fraction of sp³-hybridized carbons (Fsp3) is 0.263. The predicted octanol–water partition coefficient (Wildman–Crippen LogP) is 2.66. The molecule has 1 aliphatic heterocycles. The van der Waals surface area contributed by atoms with Gasteiger partial charge < -0.3 is 15.0 Å². The van der Waals surface area contributed by atoms with Crippen molar-refractivity contribution >= 4 is 23.4 Å². The highest BCUT2D eigenvalue weighted by Crippen LogP contribution is 2.31. The van der Waals surface area contributed by atoms with E-state index in [9.17, 15) is 9.59 Å². The van der Waals surface area contributed by atoms with E-state index in [2.05, 4.69) is 5.32 Å². The Kier molecular flexibility index (Phi) is 4.95. The second-order valence-electron chi connectivity index (χ2n) is 6.03. The summed E-state index contributed by atoms with van der Waals surface area (Å²) in [6.45, 7) is 0.448. The van der Waals surface area contributed by atoms with Crippen LogP contribution in [0.4, 0.5) is 0 Å². The first-order valence-electron chi connectivity index (χ1n) is 7.99. The summed E-state index contributed by atoms with van der Waals surface area (Å²) in [7, 11) is 3.34. The average molecular weight is 359 g/mol. The SMILES string of the molecule is CNC(=O)c1ccc(CN(C)C(=O)C2Cc3cc(Cl)ccc3O2)cc1. The fourth-order valence-corrected chi connectivity index (χ4v) is 3.05. The van der Waals surface area contributed by atoms with Crippen molar-refractivity contribution in [1.29, 1.82) is 0 Å². The summed E-state index contributed by atoms with van der Waals surface area (Å²) in [6.07, 6.45) is -0.00194. The summed E-state index contributed by atoms with van der Waals surface area (Å²) in [5.41, 5.74) is 2.49. The number of nitrogens with zero attached hydrogens (tertiary/aromatic N) is 1. The summed E-state index contributed by atoms with van der Waals surface area (Å²) >= 11 is 5.99. The van der Waals surface area contributed by atoms with Crippen LogP contribution in [0.1, 0.15) is 21.5 Å². The molecule has 1 atom stereocenters. The number of nitrogens with one attached hydrogen (secondary N) is 1. The molecule has 0 saturated carbocycles. The molecule has 0 radical (unpaired) electrons. The summed E-state index contributed by atoms with van der Waals surface area (Å²) in [5.74, 6) is 0.501. The molecule has 130 valence electrons. The Bertz CT molecular complexity index is 805. The Morgan fingerprint density at radius 2 is 1.96 bits per heavy atom. The van der Waals surface area contributed by atoms with E-state index in [1.54, 1.807) is 43.3 Å². The largest absolute Gasteiger partial charge is 0.480 e. The number of hydrogen-bond donors (Lipinski definition) is 1. The summed E-state index contributed by atoms with van der Waals surface area (Å²) < 4.78 is 5.74. The molecular weight excluding hydrogens is 340 g/mol. The van der Waals surface area contributed by atoms with E-state index in [0.717, 1.165) is 11.1 Å². The Balaban J connectivity index is 1.63. The van der Waals surface area contributed by atoms with E-state index in [1.165, 1.54) is 0 Å². The zero-order valence-electron chi connectivity index (χ0n) is 14.1. The van der Waals surface area contributed by atoms with Gasteiger partial charge in [-0.1, -0.05) is 23.7 Å². The number of hydrogen-bond acceptors (Lipinski definition) is 3. The second-order valence-corrected chi connectivity index (χ2v) is 6.47. The van der Waals surface area contributed by atoms with Gasteiger partial charge in [-0.25, -0.2) is 0 Å². The van der Waals surface area contributed by atoms with E-state index < -0.39 is 6.10 Å². The molecule has 5 nitrogen and oxygen atoms in total. The second kappa shape index (κ2) is 7.15. The highest BCUT2D eigenvalue weighted by atomic mass is 35.5. The fourth-order valence-electron chi connectivity index (χ4n) is 2.86. The van der Waals surface area contributed by atoms with Crippen LogP contribution in [0.2, 0.25) is 5.02 Å². The van der Waals surface area contributed by atoms with Gasteiger partial charge in [-0.15, -0.1) is 0 Å². The minimum absolute atomic E-state index is 0.0808. The lowest BCUT2D eigenvalue weighted by molar-refractivity contribution is -0.137. The van der Waals surface area contributed by atoms with Gasteiger partial charge in [0.05, 0.1) is 0 Å². The molecule has 6 heteroatoms. The van der Waals surface area contributed by atoms with E-state index in [-0.39, 0.29) is 11.8 Å². The normalized spacial score (nSPS) is 15.2. The lowest BCUT2D eigenvalue weighted by atomic mass is 10.1. The van der Waals surface area contributed by atoms with Crippen molar-refractivity contribution in [3.05, 3.63) is 64.2 Å². The third kappa shape index (κ3) is 3.77. The van der Waals surface area contributed by atoms with Crippen molar-refractivity contribution in [2.24, 2.45) is 0 Å². The molecule has 1 aliphatic rings. The van der Waals surface area contributed by atoms with Crippen molar-refractivity contribution in [2.45, 2.75) is 19.1 Å². The number of rotatable bonds is 4. The van der Waals surface area contributed by atoms with Crippen molar-refractivity contribution in [3.8, 4) is 5.75 Å². The van der Waals surface area contributed by atoms with Crippen LogP contribution in [-0.4, -0.2) is 36.9 Å². The maximum absolute atomic E-state index is 12.6. The quantitative estimate of drug-likeness (QED) is 0.914. The summed E-state index contributed by atoms with van der Waals surface area (Å²) in [5, 5.41) is 3.22. The standard InChI is InChI=1S/C19H19ClN2O3/c1-21-18(23)13-5-3-12(4-6-13)11-22(2)19(24)17-10-14-9-15(20)7-8-16(14)25-17/h3-9,17H,10-11H2,1-2H3,(H,21,23). The van der Waals surface area contributed by atoms with Gasteiger partial charge in [-0.2, -0.15) is 0 Å². The molecule has 2 aromatic carbocycles. The maximum Gasteiger partial charge on any atom is 0.264 e. The Labute approximate surface area is 151 Å². The van der Waals surface area contributed by atoms with Gasteiger partial charge in [0.1, 0.15) is 5.75 Å². The van der Waals surface area contributed by atoms with Gasteiger partial charge in [0.25, 0.3) is 11.8 Å². The number of halogens is 1. The highest BCUT2D eigenvalue weighted by molar-refractivity contribution is 6.30. The van der Waals surface area contributed by atoms with Gasteiger partial charge in [-0.05, 0) is 41.5 Å². The molecule has 0 bridgehead atoms. The van der Waals surface area contributed by atoms with E-state index in [1.807, 2.05) is 18.2 Å². The minimum atomic E-state index is -0.524. The van der Waals surface area contributed by atoms with Gasteiger partial charge in [0.15, 0.2) is 6.10 Å². The van der Waals surface area contributed by atoms with Crippen molar-refractivity contribution < 1.29 is 14.3 Å². The van der Waals surface area contributed by atoms with Crippen LogP contribution in [0.25, 0.3) is 0 Å². The smallest absolute Gasteiger partial charge is 0.264 e. The van der Waals surface area contributed by atoms with Gasteiger partial charge in [0, 0.05) is 37.6 Å². The van der Waals surface area contributed by atoms with Crippen LogP contribution in [0, 0.1) is 0 Å². The van der Waals surface area contributed by atoms with Crippen LogP contribution in [0.5, 0.6) is 5.75 Å². The van der Waals surface area contributed by atoms with Crippen LogP contribution in [0.3, 0.4) is 0 Å². The number of benzene rings is 2. The first kappa shape index (κ1) is 17.3. The molecule has 1 N–H and O–H groups in total. The molecule has 0 aliphatic carbocycles. The molecule has 1 heterocycles. The van der Waals surface area contributed by atoms with Crippen LogP contribution >= 0.6 is 11.6 Å². The monoisotopic (exact) mass is 358 g/mol. The summed E-state index contributed by atoms with van der Waals surface area (Å²) in [4.78, 5) is 25.8. The number of carbonyl (C=O) groups excluding carboxylic acids is 2. The van der Waals surface area contributed by atoms with Crippen LogP contribution in [0.15, 0.2) is 42.5 Å². The maximum atomic E-state index is 12.6. The molecule has 0 fully saturated rings. The molecule has 0 spiro atoms. The van der Waals surface area contributed by atoms with Gasteiger partial charge in [-0.3, -0.25) is 9.59 Å². The number of likely N-dealkylation sites (N-methyl/N-ethyl adjacent to an activating group) is 1. The first-order chi connectivity index (χ1) is 12.0. The molecule has 2 aromatic rings. The molecule has 0 saturated heterocycles. The third-order valence-electron chi connectivity index (χ3n) is 4.21. The zero-order valence-corrected chi connectivity index (χ0v) is 14.8. The van der Waals surface area contributed by atoms with Crippen molar-refractivity contribution in [1.82, 2.24) is 10.2 Å². The topological polar surface area (TPSA) is 58.6 Å². The Morgan fingerprint density at radius 1 is 1.24 bits per heavy atom. The summed E-state index contributed by atoms with van der Waals surface area (Å²) in [6, 6.07) is 12.6. The Morgan fingerprint density at radius 3 is 2.64 bits per heavy atom. The predicted molar refractivity (Wildman–Crippen MR) is 95.9 cm³/mol. The third-order valence-corrected chi connectivity index (χ3v) is 4.45. The molecule has 0 aromatic heterocycles. The minimum Gasteiger partial charge on any atom is -0.480 e. The lowest BCUT2D eigenvalue weighted by Crippen LogP contribution is -2.38. The number of ether oxygens (including phenoxy) is 1. The van der Waals surface area contributed by atoms with Gasteiger partial charge in [0.2, 0.25) is 0 Å². The number of carbonyl (C=O) groups is 2. The highest BCUT2D eigenvalue weighted by Gasteiger charge is 2.31. The molecular formula is C19H19ClN2O3. The molecule has 25 heavy (non-hydrogen) atoms. The number of amides is 2. The first-order valence-corrected chi connectivity index (χ1v) is 8.37. The van der Waals surface area contributed by atoms with Crippen LogP contribution < -0.4 is 10.1 Å². The molecule has 3 rings (SSSR count). The Hall–Kier alpha value is -2.53. The van der Waals surface area contributed by atoms with E-state index >= 15 is 0 Å². The van der Waals surface area contributed by atoms with Gasteiger partial charge >= 0.3 is 0 Å². The van der Waals surface area contributed by atoms with E-state index in [0.29, 0.717) is 29.3 Å². The average Bonchev–Trinajstić information content (AvgIpc) is 3.04.